The molecule has 0 radical (unpaired) electrons. The third kappa shape index (κ3) is 4.70. The van der Waals surface area contributed by atoms with Crippen molar-refractivity contribution < 1.29 is 19.1 Å². The van der Waals surface area contributed by atoms with Crippen molar-refractivity contribution >= 4 is 23.2 Å². The van der Waals surface area contributed by atoms with E-state index in [0.717, 1.165) is 49.5 Å². The van der Waals surface area contributed by atoms with Gasteiger partial charge in [0.1, 0.15) is 6.04 Å². The van der Waals surface area contributed by atoms with E-state index in [-0.39, 0.29) is 17.9 Å². The predicted octanol–water partition coefficient (Wildman–Crippen LogP) is 2.71. The van der Waals surface area contributed by atoms with E-state index < -0.39 is 0 Å². The number of ether oxygens (including phenoxy) is 2. The monoisotopic (exact) mass is 443 g/mol. The summed E-state index contributed by atoms with van der Waals surface area (Å²) < 4.78 is 10.7. The van der Waals surface area contributed by atoms with Gasteiger partial charge >= 0.3 is 0 Å². The van der Waals surface area contributed by atoms with E-state index in [4.69, 9.17) is 9.47 Å². The van der Waals surface area contributed by atoms with Crippen molar-refractivity contribution in [3.05, 3.63) is 46.2 Å². The second-order valence-electron chi connectivity index (χ2n) is 7.92. The fourth-order valence-electron chi connectivity index (χ4n) is 4.38. The molecule has 166 valence electrons. The molecule has 1 aromatic heterocycles. The summed E-state index contributed by atoms with van der Waals surface area (Å²) in [5.74, 6) is 1.52. The number of hydrogen-bond donors (Lipinski definition) is 0. The summed E-state index contributed by atoms with van der Waals surface area (Å²) in [5, 5.41) is 1.90. The first-order valence-electron chi connectivity index (χ1n) is 10.7. The number of rotatable bonds is 6. The van der Waals surface area contributed by atoms with Crippen LogP contribution >= 0.6 is 11.3 Å². The van der Waals surface area contributed by atoms with Gasteiger partial charge in [0.05, 0.1) is 19.1 Å². The lowest BCUT2D eigenvalue weighted by atomic mass is 10.1. The molecule has 3 heterocycles. The average Bonchev–Trinajstić information content (AvgIpc) is 3.51. The van der Waals surface area contributed by atoms with Crippen molar-refractivity contribution in [2.75, 3.05) is 46.9 Å². The van der Waals surface area contributed by atoms with E-state index in [0.29, 0.717) is 24.5 Å². The van der Waals surface area contributed by atoms with Crippen LogP contribution < -0.4 is 9.47 Å². The van der Waals surface area contributed by atoms with Crippen molar-refractivity contribution in [1.29, 1.82) is 0 Å². The maximum Gasteiger partial charge on any atom is 0.264 e. The van der Waals surface area contributed by atoms with Crippen molar-refractivity contribution in [3.8, 4) is 11.5 Å². The normalized spacial score (nSPS) is 19.5. The smallest absolute Gasteiger partial charge is 0.264 e. The molecule has 1 atom stereocenters. The Balaban J connectivity index is 1.33. The molecule has 2 aromatic rings. The Bertz CT molecular complexity index is 910. The number of nitrogens with zero attached hydrogens (tertiary/aromatic N) is 3. The minimum atomic E-state index is -0.327. The van der Waals surface area contributed by atoms with E-state index in [1.54, 1.807) is 19.1 Å². The zero-order chi connectivity index (χ0) is 21.8. The molecule has 1 aromatic carbocycles. The second-order valence-corrected chi connectivity index (χ2v) is 8.87. The maximum atomic E-state index is 13.2. The standard InChI is InChI=1S/C23H29N3O4S/c1-29-19-8-7-17(15-20(19)30-2)16-24-10-12-25(13-11-24)22(27)18-5-3-9-26(18)23(28)21-6-4-14-31-21/h4,6-8,14-15,18H,3,5,9-13,16H2,1-2H3/t18-/m1/s1. The van der Waals surface area contributed by atoms with Crippen LogP contribution in [0.1, 0.15) is 28.1 Å². The maximum absolute atomic E-state index is 13.2. The minimum absolute atomic E-state index is 0.0158. The Labute approximate surface area is 187 Å². The zero-order valence-electron chi connectivity index (χ0n) is 18.1. The molecular formula is C23H29N3O4S. The SMILES string of the molecule is COc1ccc(CN2CCN(C(=O)[C@H]3CCCN3C(=O)c3cccs3)CC2)cc1OC. The molecule has 2 amide bonds. The van der Waals surface area contributed by atoms with Crippen molar-refractivity contribution in [2.24, 2.45) is 0 Å². The van der Waals surface area contributed by atoms with Crippen molar-refractivity contribution in [1.82, 2.24) is 14.7 Å². The number of thiophene rings is 1. The van der Waals surface area contributed by atoms with E-state index in [9.17, 15) is 9.59 Å². The molecule has 0 bridgehead atoms. The highest BCUT2D eigenvalue weighted by atomic mass is 32.1. The van der Waals surface area contributed by atoms with Gasteiger partial charge in [-0.1, -0.05) is 12.1 Å². The third-order valence-corrected chi connectivity index (χ3v) is 6.93. The molecule has 7 nitrogen and oxygen atoms in total. The number of carbonyl (C=O) groups excluding carboxylic acids is 2. The largest absolute Gasteiger partial charge is 0.493 e. The first-order valence-corrected chi connectivity index (χ1v) is 11.5. The Kier molecular flexibility index (Phi) is 6.77. The molecule has 2 saturated heterocycles. The van der Waals surface area contributed by atoms with Crippen LogP contribution in [-0.4, -0.2) is 79.5 Å². The molecular weight excluding hydrogens is 414 g/mol. The fraction of sp³-hybridized carbons (Fsp3) is 0.478. The Morgan fingerprint density at radius 2 is 1.81 bits per heavy atom. The van der Waals surface area contributed by atoms with Gasteiger partial charge in [-0.05, 0) is 42.0 Å². The Hall–Kier alpha value is -2.58. The lowest BCUT2D eigenvalue weighted by molar-refractivity contribution is -0.137. The molecule has 0 N–H and O–H groups in total. The Morgan fingerprint density at radius 1 is 1.03 bits per heavy atom. The predicted molar refractivity (Wildman–Crippen MR) is 120 cm³/mol. The number of benzene rings is 1. The van der Waals surface area contributed by atoms with E-state index >= 15 is 0 Å². The van der Waals surface area contributed by atoms with Crippen LogP contribution in [0, 0.1) is 0 Å². The molecule has 4 rings (SSSR count). The first kappa shape index (κ1) is 21.6. The van der Waals surface area contributed by atoms with Gasteiger partial charge in [-0.3, -0.25) is 14.5 Å². The summed E-state index contributed by atoms with van der Waals surface area (Å²) in [7, 11) is 3.27. The molecule has 0 aliphatic carbocycles. The Morgan fingerprint density at radius 3 is 2.48 bits per heavy atom. The number of methoxy groups -OCH3 is 2. The van der Waals surface area contributed by atoms with Crippen LogP contribution in [0.25, 0.3) is 0 Å². The molecule has 2 aliphatic rings. The summed E-state index contributed by atoms with van der Waals surface area (Å²) >= 11 is 1.43. The highest BCUT2D eigenvalue weighted by Gasteiger charge is 2.37. The molecule has 31 heavy (non-hydrogen) atoms. The number of hydrogen-bond acceptors (Lipinski definition) is 6. The summed E-state index contributed by atoms with van der Waals surface area (Å²) in [6.07, 6.45) is 1.63. The number of amides is 2. The molecule has 0 spiro atoms. The van der Waals surface area contributed by atoms with Crippen molar-refractivity contribution in [3.63, 3.8) is 0 Å². The van der Waals surface area contributed by atoms with E-state index in [1.165, 1.54) is 11.3 Å². The van der Waals surface area contributed by atoms with Gasteiger partial charge in [-0.25, -0.2) is 0 Å². The second kappa shape index (κ2) is 9.70. The van der Waals surface area contributed by atoms with Gasteiger partial charge in [0.15, 0.2) is 11.5 Å². The summed E-state index contributed by atoms with van der Waals surface area (Å²) in [5.41, 5.74) is 1.15. The summed E-state index contributed by atoms with van der Waals surface area (Å²) in [6.45, 7) is 4.45. The topological polar surface area (TPSA) is 62.3 Å². The fourth-order valence-corrected chi connectivity index (χ4v) is 5.06. The van der Waals surface area contributed by atoms with Gasteiger partial charge in [-0.2, -0.15) is 0 Å². The highest BCUT2D eigenvalue weighted by Crippen LogP contribution is 2.28. The third-order valence-electron chi connectivity index (χ3n) is 6.07. The summed E-state index contributed by atoms with van der Waals surface area (Å²) in [4.78, 5) is 32.7. The van der Waals surface area contributed by atoms with Crippen molar-refractivity contribution in [2.45, 2.75) is 25.4 Å². The number of likely N-dealkylation sites (tertiary alicyclic amines) is 1. The lowest BCUT2D eigenvalue weighted by Crippen LogP contribution is -2.54. The molecule has 0 unspecified atom stereocenters. The van der Waals surface area contributed by atoms with Gasteiger partial charge in [0.25, 0.3) is 5.91 Å². The van der Waals surface area contributed by atoms with Crippen LogP contribution in [0.15, 0.2) is 35.7 Å². The van der Waals surface area contributed by atoms with Gasteiger partial charge < -0.3 is 19.3 Å². The lowest BCUT2D eigenvalue weighted by Gasteiger charge is -2.37. The summed E-state index contributed by atoms with van der Waals surface area (Å²) in [6, 6.07) is 9.36. The minimum Gasteiger partial charge on any atom is -0.493 e. The van der Waals surface area contributed by atoms with Crippen LogP contribution in [0.2, 0.25) is 0 Å². The van der Waals surface area contributed by atoms with Gasteiger partial charge in [-0.15, -0.1) is 11.3 Å². The van der Waals surface area contributed by atoms with Gasteiger partial charge in [0.2, 0.25) is 5.91 Å². The molecule has 2 fully saturated rings. The van der Waals surface area contributed by atoms with Crippen LogP contribution in [0.4, 0.5) is 0 Å². The van der Waals surface area contributed by atoms with E-state index in [2.05, 4.69) is 4.90 Å². The van der Waals surface area contributed by atoms with Gasteiger partial charge in [0, 0.05) is 39.3 Å². The van der Waals surface area contributed by atoms with Crippen LogP contribution in [0.3, 0.4) is 0 Å². The quantitative estimate of drug-likeness (QED) is 0.687. The van der Waals surface area contributed by atoms with Crippen LogP contribution in [-0.2, 0) is 11.3 Å². The highest BCUT2D eigenvalue weighted by molar-refractivity contribution is 7.12. The molecule has 8 heteroatoms. The van der Waals surface area contributed by atoms with E-state index in [1.807, 2.05) is 40.6 Å². The van der Waals surface area contributed by atoms with Crippen LogP contribution in [0.5, 0.6) is 11.5 Å². The number of carbonyl (C=O) groups is 2. The zero-order valence-corrected chi connectivity index (χ0v) is 18.9. The molecule has 2 aliphatic heterocycles. The first-order chi connectivity index (χ1) is 15.1. The average molecular weight is 444 g/mol. The molecule has 0 saturated carbocycles. The number of piperazine rings is 1.